The van der Waals surface area contributed by atoms with Crippen molar-refractivity contribution in [1.29, 1.82) is 0 Å². The quantitative estimate of drug-likeness (QED) is 0.793. The van der Waals surface area contributed by atoms with Gasteiger partial charge in [0.2, 0.25) is 0 Å². The zero-order chi connectivity index (χ0) is 10.9. The van der Waals surface area contributed by atoms with Crippen LogP contribution in [0.25, 0.3) is 0 Å². The molecule has 0 aromatic heterocycles. The van der Waals surface area contributed by atoms with E-state index < -0.39 is 9.05 Å². The lowest BCUT2D eigenvalue weighted by molar-refractivity contribution is 0.400. The van der Waals surface area contributed by atoms with E-state index in [1.165, 1.54) is 13.2 Å². The van der Waals surface area contributed by atoms with Gasteiger partial charge in [-0.1, -0.05) is 0 Å². The molecule has 0 fully saturated rings. The second-order valence-corrected chi connectivity index (χ2v) is 5.27. The van der Waals surface area contributed by atoms with Crippen molar-refractivity contribution < 1.29 is 18.3 Å². The van der Waals surface area contributed by atoms with Gasteiger partial charge in [-0.25, -0.2) is 8.42 Å². The molecule has 14 heavy (non-hydrogen) atoms. The first kappa shape index (κ1) is 11.1. The zero-order valence-electron chi connectivity index (χ0n) is 7.61. The highest BCUT2D eigenvalue weighted by Crippen LogP contribution is 2.31. The molecule has 1 aromatic carbocycles. The fraction of sp³-hybridized carbons (Fsp3) is 0.250. The summed E-state index contributed by atoms with van der Waals surface area (Å²) in [7, 11) is 2.66. The second kappa shape index (κ2) is 3.67. The van der Waals surface area contributed by atoms with Crippen molar-refractivity contribution >= 4 is 19.7 Å². The van der Waals surface area contributed by atoms with Gasteiger partial charge in [-0.15, -0.1) is 0 Å². The lowest BCUT2D eigenvalue weighted by Crippen LogP contribution is -1.94. The minimum absolute atomic E-state index is 0.163. The topological polar surface area (TPSA) is 63.6 Å². The van der Waals surface area contributed by atoms with Gasteiger partial charge < -0.3 is 9.84 Å². The molecule has 0 heterocycles. The Morgan fingerprint density at radius 1 is 1.43 bits per heavy atom. The molecule has 1 aromatic rings. The Balaban J connectivity index is 3.46. The van der Waals surface area contributed by atoms with E-state index in [4.69, 9.17) is 15.4 Å². The largest absolute Gasteiger partial charge is 0.507 e. The predicted octanol–water partition coefficient (Wildman–Crippen LogP) is 1.64. The Morgan fingerprint density at radius 3 is 2.43 bits per heavy atom. The Morgan fingerprint density at radius 2 is 2.00 bits per heavy atom. The van der Waals surface area contributed by atoms with Crippen molar-refractivity contribution in [3.8, 4) is 11.5 Å². The maximum atomic E-state index is 11.0. The highest BCUT2D eigenvalue weighted by atomic mass is 35.7. The molecule has 1 rings (SSSR count). The van der Waals surface area contributed by atoms with Crippen LogP contribution < -0.4 is 4.74 Å². The normalized spacial score (nSPS) is 11.4. The van der Waals surface area contributed by atoms with Gasteiger partial charge in [-0.2, -0.15) is 0 Å². The lowest BCUT2D eigenvalue weighted by Gasteiger charge is -2.07. The van der Waals surface area contributed by atoms with E-state index in [2.05, 4.69) is 0 Å². The van der Waals surface area contributed by atoms with Crippen LogP contribution in [0.15, 0.2) is 17.0 Å². The molecule has 0 aliphatic rings. The summed E-state index contributed by atoms with van der Waals surface area (Å²) in [5, 5.41) is 9.37. The zero-order valence-corrected chi connectivity index (χ0v) is 9.19. The number of halogens is 1. The van der Waals surface area contributed by atoms with Gasteiger partial charge in [0.1, 0.15) is 11.5 Å². The van der Waals surface area contributed by atoms with Crippen molar-refractivity contribution in [3.05, 3.63) is 17.7 Å². The maximum Gasteiger partial charge on any atom is 0.261 e. The van der Waals surface area contributed by atoms with Gasteiger partial charge in [0, 0.05) is 28.4 Å². The van der Waals surface area contributed by atoms with Crippen LogP contribution in [-0.2, 0) is 9.05 Å². The number of hydrogen-bond acceptors (Lipinski definition) is 4. The lowest BCUT2D eigenvalue weighted by atomic mass is 10.2. The van der Waals surface area contributed by atoms with E-state index >= 15 is 0 Å². The van der Waals surface area contributed by atoms with Crippen LogP contribution >= 0.6 is 10.7 Å². The molecule has 0 saturated heterocycles. The van der Waals surface area contributed by atoms with E-state index in [-0.39, 0.29) is 16.4 Å². The number of phenolic OH excluding ortho intramolecular Hbond substituents is 1. The van der Waals surface area contributed by atoms with Crippen molar-refractivity contribution in [1.82, 2.24) is 0 Å². The first-order valence-corrected chi connectivity index (χ1v) is 5.99. The molecule has 1 N–H and O–H groups in total. The minimum atomic E-state index is -3.84. The van der Waals surface area contributed by atoms with Crippen molar-refractivity contribution in [2.24, 2.45) is 0 Å². The molecular formula is C8H9ClO4S. The number of hydrogen-bond donors (Lipinski definition) is 1. The molecule has 0 unspecified atom stereocenters. The molecule has 0 spiro atoms. The summed E-state index contributed by atoms with van der Waals surface area (Å²) in [5.41, 5.74) is 0.469. The van der Waals surface area contributed by atoms with Crippen LogP contribution in [0.2, 0.25) is 0 Å². The minimum Gasteiger partial charge on any atom is -0.507 e. The van der Waals surface area contributed by atoms with Crippen molar-refractivity contribution in [2.45, 2.75) is 11.8 Å². The second-order valence-electron chi connectivity index (χ2n) is 2.71. The Bertz CT molecular complexity index is 453. The summed E-state index contributed by atoms with van der Waals surface area (Å²) in [6, 6.07) is 2.34. The molecule has 0 amide bonds. The third kappa shape index (κ3) is 2.10. The number of ether oxygens (including phenoxy) is 1. The summed E-state index contributed by atoms with van der Waals surface area (Å²) in [4.78, 5) is -0.181. The highest BCUT2D eigenvalue weighted by Gasteiger charge is 2.15. The van der Waals surface area contributed by atoms with Gasteiger partial charge in [0.15, 0.2) is 0 Å². The van der Waals surface area contributed by atoms with Gasteiger partial charge in [0.25, 0.3) is 9.05 Å². The van der Waals surface area contributed by atoms with Crippen molar-refractivity contribution in [3.63, 3.8) is 0 Å². The number of benzene rings is 1. The van der Waals surface area contributed by atoms with Crippen LogP contribution in [-0.4, -0.2) is 20.6 Å². The Labute approximate surface area is 86.5 Å². The first-order chi connectivity index (χ1) is 6.36. The number of rotatable bonds is 2. The third-order valence-electron chi connectivity index (χ3n) is 1.81. The summed E-state index contributed by atoms with van der Waals surface area (Å²) in [5.74, 6) is 0.118. The third-order valence-corrected chi connectivity index (χ3v) is 3.14. The number of aromatic hydroxyl groups is 1. The molecule has 78 valence electrons. The molecule has 6 heteroatoms. The Hall–Kier alpha value is -0.940. The van der Waals surface area contributed by atoms with Crippen LogP contribution in [0.3, 0.4) is 0 Å². The van der Waals surface area contributed by atoms with Crippen LogP contribution in [0.1, 0.15) is 5.56 Å². The molecule has 0 aliphatic heterocycles. The van der Waals surface area contributed by atoms with Crippen molar-refractivity contribution in [2.75, 3.05) is 7.11 Å². The van der Waals surface area contributed by atoms with Gasteiger partial charge >= 0.3 is 0 Å². The van der Waals surface area contributed by atoms with Crippen LogP contribution in [0, 0.1) is 6.92 Å². The molecule has 0 bridgehead atoms. The predicted molar refractivity (Wildman–Crippen MR) is 52.4 cm³/mol. The average molecular weight is 237 g/mol. The summed E-state index contributed by atoms with van der Waals surface area (Å²) < 4.78 is 26.8. The summed E-state index contributed by atoms with van der Waals surface area (Å²) in [6.45, 7) is 1.61. The monoisotopic (exact) mass is 236 g/mol. The molecule has 0 radical (unpaired) electrons. The average Bonchev–Trinajstić information content (AvgIpc) is 2.07. The van der Waals surface area contributed by atoms with E-state index in [0.29, 0.717) is 5.56 Å². The van der Waals surface area contributed by atoms with E-state index in [1.54, 1.807) is 6.92 Å². The maximum absolute atomic E-state index is 11.0. The van der Waals surface area contributed by atoms with E-state index in [1.807, 2.05) is 0 Å². The number of methoxy groups -OCH3 is 1. The fourth-order valence-electron chi connectivity index (χ4n) is 1.00. The van der Waals surface area contributed by atoms with E-state index in [0.717, 1.165) is 6.07 Å². The van der Waals surface area contributed by atoms with Crippen LogP contribution in [0.5, 0.6) is 11.5 Å². The van der Waals surface area contributed by atoms with E-state index in [9.17, 15) is 13.5 Å². The fourth-order valence-corrected chi connectivity index (χ4v) is 1.77. The molecule has 4 nitrogen and oxygen atoms in total. The van der Waals surface area contributed by atoms with Gasteiger partial charge in [-0.05, 0) is 6.92 Å². The van der Waals surface area contributed by atoms with Gasteiger partial charge in [-0.3, -0.25) is 0 Å². The number of phenols is 1. The SMILES string of the molecule is COc1cc(S(=O)(=O)Cl)cc(O)c1C. The smallest absolute Gasteiger partial charge is 0.261 e. The van der Waals surface area contributed by atoms with Gasteiger partial charge in [0.05, 0.1) is 12.0 Å². The highest BCUT2D eigenvalue weighted by molar-refractivity contribution is 8.13. The molecule has 0 atom stereocenters. The summed E-state index contributed by atoms with van der Waals surface area (Å²) in [6.07, 6.45) is 0. The summed E-state index contributed by atoms with van der Waals surface area (Å²) >= 11 is 0. The standard InChI is InChI=1S/C8H9ClO4S/c1-5-7(10)3-6(14(9,11)12)4-8(5)13-2/h3-4,10H,1-2H3. The molecular weight excluding hydrogens is 228 g/mol. The molecule has 0 aliphatic carbocycles. The Kier molecular flexibility index (Phi) is 2.92. The first-order valence-electron chi connectivity index (χ1n) is 3.68. The molecule has 0 saturated carbocycles. The van der Waals surface area contributed by atoms with Crippen LogP contribution in [0.4, 0.5) is 0 Å².